The van der Waals surface area contributed by atoms with Crippen LogP contribution in [-0.2, 0) is 13.5 Å². The molecule has 1 aromatic heterocycles. The van der Waals surface area contributed by atoms with Crippen LogP contribution in [-0.4, -0.2) is 15.8 Å². The Kier molecular flexibility index (Phi) is 3.18. The van der Waals surface area contributed by atoms with Gasteiger partial charge < -0.3 is 5.32 Å². The topological polar surface area (TPSA) is 29.9 Å². The van der Waals surface area contributed by atoms with Crippen LogP contribution in [0.1, 0.15) is 56.8 Å². The fourth-order valence-electron chi connectivity index (χ4n) is 3.74. The Morgan fingerprint density at radius 2 is 2.11 bits per heavy atom. The summed E-state index contributed by atoms with van der Waals surface area (Å²) in [5, 5.41) is 8.35. The summed E-state index contributed by atoms with van der Waals surface area (Å²) < 4.78 is 2.06. The van der Waals surface area contributed by atoms with Crippen molar-refractivity contribution in [2.45, 2.75) is 58.0 Å². The average molecular weight is 247 g/mol. The Bertz CT molecular complexity index is 423. The van der Waals surface area contributed by atoms with Crippen molar-refractivity contribution in [1.29, 1.82) is 0 Å². The lowest BCUT2D eigenvalue weighted by molar-refractivity contribution is 0.321. The number of hydrogen-bond acceptors (Lipinski definition) is 2. The maximum atomic E-state index is 4.43. The van der Waals surface area contributed by atoms with Gasteiger partial charge in [0.2, 0.25) is 0 Å². The summed E-state index contributed by atoms with van der Waals surface area (Å²) in [4.78, 5) is 0. The average Bonchev–Trinajstić information content (AvgIpc) is 2.89. The zero-order chi connectivity index (χ0) is 12.7. The first kappa shape index (κ1) is 12.2. The number of hydrogen-bond donors (Lipinski definition) is 1. The molecule has 2 aliphatic carbocycles. The summed E-state index contributed by atoms with van der Waals surface area (Å²) in [6.45, 7) is 4.80. The van der Waals surface area contributed by atoms with Crippen molar-refractivity contribution < 1.29 is 0 Å². The van der Waals surface area contributed by atoms with Crippen molar-refractivity contribution in [2.24, 2.45) is 18.9 Å². The molecular formula is C15H25N3. The van der Waals surface area contributed by atoms with Gasteiger partial charge >= 0.3 is 0 Å². The highest BCUT2D eigenvalue weighted by molar-refractivity contribution is 5.25. The van der Waals surface area contributed by atoms with Crippen LogP contribution in [0.2, 0.25) is 0 Å². The zero-order valence-corrected chi connectivity index (χ0v) is 11.8. The van der Waals surface area contributed by atoms with Crippen molar-refractivity contribution in [2.75, 3.05) is 0 Å². The van der Waals surface area contributed by atoms with E-state index < -0.39 is 0 Å². The van der Waals surface area contributed by atoms with E-state index in [0.29, 0.717) is 12.1 Å². The van der Waals surface area contributed by atoms with E-state index in [9.17, 15) is 0 Å². The third kappa shape index (κ3) is 1.99. The number of nitrogens with one attached hydrogen (secondary N) is 1. The molecule has 0 radical (unpaired) electrons. The van der Waals surface area contributed by atoms with Crippen molar-refractivity contribution in [1.82, 2.24) is 15.1 Å². The normalized spacial score (nSPS) is 35.7. The fraction of sp³-hybridized carbons (Fsp3) is 0.800. The quantitative estimate of drug-likeness (QED) is 0.871. The first-order valence-corrected chi connectivity index (χ1v) is 7.43. The Hall–Kier alpha value is -0.830. The third-order valence-electron chi connectivity index (χ3n) is 5.26. The molecule has 18 heavy (non-hydrogen) atoms. The Balaban J connectivity index is 1.75. The molecule has 0 amide bonds. The largest absolute Gasteiger partial charge is 0.307 e. The first-order chi connectivity index (χ1) is 8.66. The molecule has 1 saturated carbocycles. The summed E-state index contributed by atoms with van der Waals surface area (Å²) in [6, 6.07) is 1.25. The standard InChI is InChI=1S/C15H25N3/c1-10-7-8-13(11(10)2)17-14-5-4-6-15-12(14)9-16-18(15)3/h9-11,13-14,17H,4-8H2,1-3H3. The van der Waals surface area contributed by atoms with Gasteiger partial charge in [-0.15, -0.1) is 0 Å². The molecule has 0 aliphatic heterocycles. The Labute approximate surface area is 110 Å². The monoisotopic (exact) mass is 247 g/mol. The minimum Gasteiger partial charge on any atom is -0.307 e. The van der Waals surface area contributed by atoms with Gasteiger partial charge in [0.15, 0.2) is 0 Å². The van der Waals surface area contributed by atoms with E-state index in [-0.39, 0.29) is 0 Å². The molecule has 100 valence electrons. The summed E-state index contributed by atoms with van der Waals surface area (Å²) in [7, 11) is 2.07. The van der Waals surface area contributed by atoms with E-state index in [4.69, 9.17) is 0 Å². The van der Waals surface area contributed by atoms with Gasteiger partial charge in [-0.05, 0) is 43.9 Å². The van der Waals surface area contributed by atoms with Gasteiger partial charge in [-0.25, -0.2) is 0 Å². The van der Waals surface area contributed by atoms with Crippen LogP contribution in [0.15, 0.2) is 6.20 Å². The molecule has 4 atom stereocenters. The first-order valence-electron chi connectivity index (χ1n) is 7.43. The van der Waals surface area contributed by atoms with Gasteiger partial charge in [0.1, 0.15) is 0 Å². The predicted molar refractivity (Wildman–Crippen MR) is 73.4 cm³/mol. The molecule has 1 fully saturated rings. The van der Waals surface area contributed by atoms with Crippen LogP contribution in [0.4, 0.5) is 0 Å². The van der Waals surface area contributed by atoms with Crippen molar-refractivity contribution >= 4 is 0 Å². The van der Waals surface area contributed by atoms with Gasteiger partial charge in [0, 0.05) is 30.4 Å². The lowest BCUT2D eigenvalue weighted by Gasteiger charge is -2.29. The second-order valence-corrected chi connectivity index (χ2v) is 6.30. The molecule has 3 rings (SSSR count). The molecule has 0 saturated heterocycles. The summed E-state index contributed by atoms with van der Waals surface area (Å²) in [5.41, 5.74) is 2.90. The van der Waals surface area contributed by atoms with E-state index in [1.54, 1.807) is 0 Å². The second kappa shape index (κ2) is 4.69. The second-order valence-electron chi connectivity index (χ2n) is 6.30. The van der Waals surface area contributed by atoms with Gasteiger partial charge in [0.25, 0.3) is 0 Å². The smallest absolute Gasteiger partial charge is 0.0540 e. The van der Waals surface area contributed by atoms with Crippen LogP contribution in [0.25, 0.3) is 0 Å². The van der Waals surface area contributed by atoms with Gasteiger partial charge in [-0.1, -0.05) is 13.8 Å². The van der Waals surface area contributed by atoms with Crippen LogP contribution in [0.5, 0.6) is 0 Å². The van der Waals surface area contributed by atoms with Crippen LogP contribution < -0.4 is 5.32 Å². The van der Waals surface area contributed by atoms with E-state index in [2.05, 4.69) is 42.2 Å². The van der Waals surface area contributed by atoms with E-state index >= 15 is 0 Å². The van der Waals surface area contributed by atoms with Crippen LogP contribution >= 0.6 is 0 Å². The predicted octanol–water partition coefficient (Wildman–Crippen LogP) is 2.82. The van der Waals surface area contributed by atoms with Crippen molar-refractivity contribution in [3.63, 3.8) is 0 Å². The molecule has 4 unspecified atom stereocenters. The molecular weight excluding hydrogens is 222 g/mol. The van der Waals surface area contributed by atoms with Crippen LogP contribution in [0.3, 0.4) is 0 Å². The van der Waals surface area contributed by atoms with Gasteiger partial charge in [0.05, 0.1) is 6.20 Å². The molecule has 1 N–H and O–H groups in total. The maximum Gasteiger partial charge on any atom is 0.0540 e. The fourth-order valence-corrected chi connectivity index (χ4v) is 3.74. The Morgan fingerprint density at radius 1 is 1.28 bits per heavy atom. The number of aromatic nitrogens is 2. The highest BCUT2D eigenvalue weighted by Gasteiger charge is 2.33. The van der Waals surface area contributed by atoms with Gasteiger partial charge in [-0.2, -0.15) is 5.10 Å². The van der Waals surface area contributed by atoms with E-state index in [1.807, 2.05) is 0 Å². The van der Waals surface area contributed by atoms with E-state index in [1.165, 1.54) is 43.4 Å². The molecule has 0 bridgehead atoms. The molecule has 1 aromatic rings. The highest BCUT2D eigenvalue weighted by Crippen LogP contribution is 2.35. The number of rotatable bonds is 2. The zero-order valence-electron chi connectivity index (χ0n) is 11.8. The molecule has 3 heteroatoms. The number of fused-ring (bicyclic) bond motifs is 1. The highest BCUT2D eigenvalue weighted by atomic mass is 15.3. The molecule has 3 nitrogen and oxygen atoms in total. The minimum atomic E-state index is 0.542. The van der Waals surface area contributed by atoms with Crippen LogP contribution in [0, 0.1) is 11.8 Å². The summed E-state index contributed by atoms with van der Waals surface area (Å²) in [5.74, 6) is 1.69. The third-order valence-corrected chi connectivity index (χ3v) is 5.26. The summed E-state index contributed by atoms with van der Waals surface area (Å²) in [6.07, 6.45) is 8.56. The maximum absolute atomic E-state index is 4.43. The van der Waals surface area contributed by atoms with Crippen molar-refractivity contribution in [3.05, 3.63) is 17.5 Å². The van der Waals surface area contributed by atoms with E-state index in [0.717, 1.165) is 11.8 Å². The molecule has 0 spiro atoms. The summed E-state index contributed by atoms with van der Waals surface area (Å²) >= 11 is 0. The minimum absolute atomic E-state index is 0.542. The lowest BCUT2D eigenvalue weighted by atomic mass is 9.90. The Morgan fingerprint density at radius 3 is 2.83 bits per heavy atom. The van der Waals surface area contributed by atoms with Gasteiger partial charge in [-0.3, -0.25) is 4.68 Å². The number of nitrogens with zero attached hydrogens (tertiary/aromatic N) is 2. The number of aryl methyl sites for hydroxylation is 1. The molecule has 2 aliphatic rings. The lowest BCUT2D eigenvalue weighted by Crippen LogP contribution is -2.37. The SMILES string of the molecule is CC1CCC(NC2CCCc3c2cnn3C)C1C. The molecule has 1 heterocycles. The van der Waals surface area contributed by atoms with Crippen molar-refractivity contribution in [3.8, 4) is 0 Å². The molecule has 0 aromatic carbocycles.